The summed E-state index contributed by atoms with van der Waals surface area (Å²) < 4.78 is 43.2. The zero-order valence-corrected chi connectivity index (χ0v) is 11.7. The van der Waals surface area contributed by atoms with Gasteiger partial charge in [0.15, 0.2) is 5.69 Å². The third kappa shape index (κ3) is 4.22. The molecule has 0 fully saturated rings. The summed E-state index contributed by atoms with van der Waals surface area (Å²) in [5, 5.41) is 2.26. The molecule has 0 unspecified atom stereocenters. The molecule has 0 aliphatic carbocycles. The molecule has 1 N–H and O–H groups in total. The predicted molar refractivity (Wildman–Crippen MR) is 72.9 cm³/mol. The Balaban J connectivity index is 2.21. The topological polar surface area (TPSA) is 47.0 Å². The van der Waals surface area contributed by atoms with Gasteiger partial charge in [-0.05, 0) is 42.8 Å². The monoisotopic (exact) mass is 317 g/mol. The summed E-state index contributed by atoms with van der Waals surface area (Å²) >= 11 is 5.51. The molecule has 0 saturated carbocycles. The maximum Gasteiger partial charge on any atom is 0.433 e. The second-order valence-electron chi connectivity index (χ2n) is 3.99. The number of benzene rings is 1. The van der Waals surface area contributed by atoms with Crippen molar-refractivity contribution < 1.29 is 17.9 Å². The molecule has 21 heavy (non-hydrogen) atoms. The van der Waals surface area contributed by atoms with Crippen molar-refractivity contribution in [1.82, 2.24) is 9.97 Å². The molecule has 8 heteroatoms. The van der Waals surface area contributed by atoms with Crippen LogP contribution in [0.15, 0.2) is 30.3 Å². The minimum atomic E-state index is -4.58. The number of anilines is 2. The maximum atomic E-state index is 12.6. The van der Waals surface area contributed by atoms with E-state index in [9.17, 15) is 13.2 Å². The average Bonchev–Trinajstić information content (AvgIpc) is 2.40. The van der Waals surface area contributed by atoms with Gasteiger partial charge in [0.1, 0.15) is 11.6 Å². The van der Waals surface area contributed by atoms with Crippen LogP contribution in [0, 0.1) is 0 Å². The molecule has 0 radical (unpaired) electrons. The maximum absolute atomic E-state index is 12.6. The average molecular weight is 318 g/mol. The SMILES string of the molecule is CCOc1ccc(Nc2cc(C(F)(F)F)nc(Cl)n2)cc1. The van der Waals surface area contributed by atoms with Crippen LogP contribution in [0.4, 0.5) is 24.7 Å². The Morgan fingerprint density at radius 1 is 1.19 bits per heavy atom. The van der Waals surface area contributed by atoms with Crippen LogP contribution in [-0.4, -0.2) is 16.6 Å². The zero-order chi connectivity index (χ0) is 15.5. The van der Waals surface area contributed by atoms with Gasteiger partial charge in [0.05, 0.1) is 6.61 Å². The normalized spacial score (nSPS) is 11.3. The van der Waals surface area contributed by atoms with E-state index in [-0.39, 0.29) is 5.82 Å². The number of hydrogen-bond acceptors (Lipinski definition) is 4. The molecule has 0 aliphatic rings. The Kier molecular flexibility index (Phi) is 4.52. The van der Waals surface area contributed by atoms with Crippen LogP contribution in [0.5, 0.6) is 5.75 Å². The fraction of sp³-hybridized carbons (Fsp3) is 0.231. The Labute approximate surface area is 123 Å². The number of rotatable bonds is 4. The van der Waals surface area contributed by atoms with Crippen molar-refractivity contribution in [2.75, 3.05) is 11.9 Å². The molecule has 0 spiro atoms. The van der Waals surface area contributed by atoms with E-state index in [1.807, 2.05) is 6.92 Å². The number of halogens is 4. The Bertz CT molecular complexity index is 617. The zero-order valence-electron chi connectivity index (χ0n) is 10.9. The lowest BCUT2D eigenvalue weighted by Crippen LogP contribution is -2.10. The van der Waals surface area contributed by atoms with E-state index in [2.05, 4.69) is 15.3 Å². The molecule has 0 amide bonds. The molecular weight excluding hydrogens is 307 g/mol. The van der Waals surface area contributed by atoms with Crippen LogP contribution in [0.1, 0.15) is 12.6 Å². The van der Waals surface area contributed by atoms with Crippen LogP contribution >= 0.6 is 11.6 Å². The number of alkyl halides is 3. The smallest absolute Gasteiger partial charge is 0.433 e. The quantitative estimate of drug-likeness (QED) is 0.854. The molecule has 1 aromatic carbocycles. The number of ether oxygens (including phenoxy) is 1. The molecule has 0 saturated heterocycles. The van der Waals surface area contributed by atoms with Crippen LogP contribution in [0.25, 0.3) is 0 Å². The van der Waals surface area contributed by atoms with Crippen molar-refractivity contribution in [2.45, 2.75) is 13.1 Å². The summed E-state index contributed by atoms with van der Waals surface area (Å²) in [4.78, 5) is 6.87. The van der Waals surface area contributed by atoms with Gasteiger partial charge in [0.25, 0.3) is 0 Å². The fourth-order valence-corrected chi connectivity index (χ4v) is 1.76. The standard InChI is InChI=1S/C13H11ClF3N3O/c1-2-21-9-5-3-8(4-6-9)18-11-7-10(13(15,16)17)19-12(14)20-11/h3-7H,2H2,1H3,(H,18,19,20). The molecule has 1 heterocycles. The molecule has 2 rings (SSSR count). The van der Waals surface area contributed by atoms with Gasteiger partial charge in [0, 0.05) is 11.8 Å². The number of hydrogen-bond donors (Lipinski definition) is 1. The first kappa shape index (κ1) is 15.4. The van der Waals surface area contributed by atoms with Gasteiger partial charge in [-0.2, -0.15) is 13.2 Å². The van der Waals surface area contributed by atoms with E-state index in [0.717, 1.165) is 6.07 Å². The van der Waals surface area contributed by atoms with Gasteiger partial charge in [0.2, 0.25) is 5.28 Å². The van der Waals surface area contributed by atoms with E-state index < -0.39 is 17.2 Å². The van der Waals surface area contributed by atoms with Crippen molar-refractivity contribution >= 4 is 23.1 Å². The minimum Gasteiger partial charge on any atom is -0.494 e. The van der Waals surface area contributed by atoms with Crippen LogP contribution < -0.4 is 10.1 Å². The first-order valence-corrected chi connectivity index (χ1v) is 6.38. The first-order valence-electron chi connectivity index (χ1n) is 6.00. The van der Waals surface area contributed by atoms with Gasteiger partial charge >= 0.3 is 6.18 Å². The molecule has 0 bridgehead atoms. The van der Waals surface area contributed by atoms with E-state index in [0.29, 0.717) is 18.0 Å². The van der Waals surface area contributed by atoms with Gasteiger partial charge in [-0.15, -0.1) is 0 Å². The fourth-order valence-electron chi connectivity index (χ4n) is 1.58. The van der Waals surface area contributed by atoms with E-state index >= 15 is 0 Å². The molecule has 2 aromatic rings. The van der Waals surface area contributed by atoms with Gasteiger partial charge in [-0.1, -0.05) is 0 Å². The first-order chi connectivity index (χ1) is 9.88. The van der Waals surface area contributed by atoms with Crippen molar-refractivity contribution in [2.24, 2.45) is 0 Å². The number of nitrogens with zero attached hydrogens (tertiary/aromatic N) is 2. The second kappa shape index (κ2) is 6.17. The van der Waals surface area contributed by atoms with Gasteiger partial charge in [-0.3, -0.25) is 0 Å². The Hall–Kier alpha value is -2.02. The lowest BCUT2D eigenvalue weighted by atomic mass is 10.3. The lowest BCUT2D eigenvalue weighted by molar-refractivity contribution is -0.141. The van der Waals surface area contributed by atoms with E-state index in [1.54, 1.807) is 24.3 Å². The predicted octanol–water partition coefficient (Wildman–Crippen LogP) is 4.29. The highest BCUT2D eigenvalue weighted by atomic mass is 35.5. The van der Waals surface area contributed by atoms with Crippen molar-refractivity contribution in [1.29, 1.82) is 0 Å². The Morgan fingerprint density at radius 2 is 1.86 bits per heavy atom. The van der Waals surface area contributed by atoms with E-state index in [4.69, 9.17) is 16.3 Å². The second-order valence-corrected chi connectivity index (χ2v) is 4.33. The molecule has 1 aromatic heterocycles. The van der Waals surface area contributed by atoms with Crippen molar-refractivity contribution in [3.63, 3.8) is 0 Å². The molecule has 4 nitrogen and oxygen atoms in total. The third-order valence-electron chi connectivity index (χ3n) is 2.43. The highest BCUT2D eigenvalue weighted by Crippen LogP contribution is 2.30. The minimum absolute atomic E-state index is 0.0357. The largest absolute Gasteiger partial charge is 0.494 e. The van der Waals surface area contributed by atoms with Crippen LogP contribution in [0.2, 0.25) is 5.28 Å². The summed E-state index contributed by atoms with van der Waals surface area (Å²) in [5.74, 6) is 0.631. The summed E-state index contributed by atoms with van der Waals surface area (Å²) in [6.45, 7) is 2.39. The van der Waals surface area contributed by atoms with Gasteiger partial charge < -0.3 is 10.1 Å². The number of aromatic nitrogens is 2. The van der Waals surface area contributed by atoms with Crippen LogP contribution in [0.3, 0.4) is 0 Å². The highest BCUT2D eigenvalue weighted by Gasteiger charge is 2.33. The molecule has 0 aliphatic heterocycles. The molecule has 112 valence electrons. The number of nitrogens with one attached hydrogen (secondary N) is 1. The summed E-state index contributed by atoms with van der Waals surface area (Å²) in [6, 6.07) is 7.50. The van der Waals surface area contributed by atoms with Crippen LogP contribution in [-0.2, 0) is 6.18 Å². The summed E-state index contributed by atoms with van der Waals surface area (Å²) in [5.41, 5.74) is -0.544. The molecule has 0 atom stereocenters. The Morgan fingerprint density at radius 3 is 2.43 bits per heavy atom. The summed E-state index contributed by atoms with van der Waals surface area (Å²) in [7, 11) is 0. The van der Waals surface area contributed by atoms with E-state index in [1.165, 1.54) is 0 Å². The van der Waals surface area contributed by atoms with Crippen molar-refractivity contribution in [3.05, 3.63) is 41.3 Å². The lowest BCUT2D eigenvalue weighted by Gasteiger charge is -2.10. The van der Waals surface area contributed by atoms with Crippen molar-refractivity contribution in [3.8, 4) is 5.75 Å². The van der Waals surface area contributed by atoms with Gasteiger partial charge in [-0.25, -0.2) is 9.97 Å². The third-order valence-corrected chi connectivity index (χ3v) is 2.60. The molecular formula is C13H11ClF3N3O. The highest BCUT2D eigenvalue weighted by molar-refractivity contribution is 6.28. The summed E-state index contributed by atoms with van der Waals surface area (Å²) in [6.07, 6.45) is -4.58.